The highest BCUT2D eigenvalue weighted by atomic mass is 16.5. The zero-order valence-corrected chi connectivity index (χ0v) is 12.7. The van der Waals surface area contributed by atoms with Crippen LogP contribution in [0.3, 0.4) is 0 Å². The molecule has 20 heavy (non-hydrogen) atoms. The summed E-state index contributed by atoms with van der Waals surface area (Å²) >= 11 is 0. The molecule has 0 spiro atoms. The highest BCUT2D eigenvalue weighted by Crippen LogP contribution is 2.16. The van der Waals surface area contributed by atoms with Crippen LogP contribution in [-0.4, -0.2) is 58.8 Å². The molecule has 5 heteroatoms. The Labute approximate surface area is 120 Å². The predicted molar refractivity (Wildman–Crippen MR) is 77.1 cm³/mol. The number of ether oxygens (including phenoxy) is 1. The number of carbonyl (C=O) groups is 1. The van der Waals surface area contributed by atoms with Gasteiger partial charge in [-0.3, -0.25) is 9.69 Å². The quantitative estimate of drug-likeness (QED) is 0.833. The molecule has 2 rings (SSSR count). The van der Waals surface area contributed by atoms with Crippen molar-refractivity contribution in [1.29, 1.82) is 0 Å². The molecule has 0 aliphatic carbocycles. The Bertz CT molecular complexity index is 496. The Morgan fingerprint density at radius 2 is 2.15 bits per heavy atom. The zero-order chi connectivity index (χ0) is 14.9. The molecule has 1 aromatic rings. The monoisotopic (exact) mass is 280 g/mol. The minimum atomic E-state index is -0.190. The molecule has 0 bridgehead atoms. The van der Waals surface area contributed by atoms with Gasteiger partial charge in [0, 0.05) is 37.1 Å². The molecule has 1 N–H and O–H groups in total. The minimum absolute atomic E-state index is 0.00148. The number of hydrogen-bond acceptors (Lipinski definition) is 4. The standard InChI is InChI=1S/C15H24N2O3/c1-10-5-14(12(3)16(10)4)15(19)8-17-6-11(2)20-13(7-17)9-18/h5,11,13,18H,6-9H2,1-4H3. The lowest BCUT2D eigenvalue weighted by Gasteiger charge is -2.35. The van der Waals surface area contributed by atoms with Crippen molar-refractivity contribution in [2.75, 3.05) is 26.2 Å². The van der Waals surface area contributed by atoms with Crippen molar-refractivity contribution in [3.8, 4) is 0 Å². The number of aliphatic hydroxyl groups excluding tert-OH is 1. The van der Waals surface area contributed by atoms with Crippen molar-refractivity contribution in [3.05, 3.63) is 23.0 Å². The van der Waals surface area contributed by atoms with E-state index in [1.54, 1.807) is 0 Å². The van der Waals surface area contributed by atoms with Gasteiger partial charge < -0.3 is 14.4 Å². The Hall–Kier alpha value is -1.17. The molecular formula is C15H24N2O3. The maximum atomic E-state index is 12.4. The molecule has 0 amide bonds. The number of rotatable bonds is 4. The van der Waals surface area contributed by atoms with E-state index in [0.29, 0.717) is 13.1 Å². The van der Waals surface area contributed by atoms with Crippen molar-refractivity contribution in [3.63, 3.8) is 0 Å². The summed E-state index contributed by atoms with van der Waals surface area (Å²) in [6, 6.07) is 1.95. The van der Waals surface area contributed by atoms with E-state index in [2.05, 4.69) is 4.90 Å². The van der Waals surface area contributed by atoms with Crippen LogP contribution in [0.15, 0.2) is 6.07 Å². The second kappa shape index (κ2) is 6.08. The highest BCUT2D eigenvalue weighted by molar-refractivity contribution is 5.99. The van der Waals surface area contributed by atoms with Crippen LogP contribution >= 0.6 is 0 Å². The molecule has 2 heterocycles. The molecule has 1 aliphatic rings. The molecular weight excluding hydrogens is 256 g/mol. The van der Waals surface area contributed by atoms with Crippen molar-refractivity contribution < 1.29 is 14.6 Å². The number of ketones is 1. The maximum absolute atomic E-state index is 12.4. The van der Waals surface area contributed by atoms with Crippen molar-refractivity contribution in [2.24, 2.45) is 7.05 Å². The van der Waals surface area contributed by atoms with Crippen LogP contribution in [0.25, 0.3) is 0 Å². The lowest BCUT2D eigenvalue weighted by atomic mass is 10.1. The number of hydrogen-bond donors (Lipinski definition) is 1. The van der Waals surface area contributed by atoms with Crippen molar-refractivity contribution >= 4 is 5.78 Å². The fourth-order valence-electron chi connectivity index (χ4n) is 2.80. The zero-order valence-electron chi connectivity index (χ0n) is 12.7. The number of nitrogens with zero attached hydrogens (tertiary/aromatic N) is 2. The van der Waals surface area contributed by atoms with E-state index in [1.165, 1.54) is 0 Å². The van der Waals surface area contributed by atoms with Gasteiger partial charge in [-0.2, -0.15) is 0 Å². The SMILES string of the molecule is Cc1cc(C(=O)CN2CC(C)OC(CO)C2)c(C)n1C. The summed E-state index contributed by atoms with van der Waals surface area (Å²) in [6.07, 6.45) is -0.141. The van der Waals surface area contributed by atoms with Gasteiger partial charge in [-0.15, -0.1) is 0 Å². The molecule has 1 aromatic heterocycles. The Morgan fingerprint density at radius 1 is 1.45 bits per heavy atom. The summed E-state index contributed by atoms with van der Waals surface area (Å²) in [7, 11) is 1.97. The maximum Gasteiger partial charge on any atom is 0.178 e. The minimum Gasteiger partial charge on any atom is -0.394 e. The lowest BCUT2D eigenvalue weighted by molar-refractivity contribution is -0.0926. The normalized spacial score (nSPS) is 24.1. The van der Waals surface area contributed by atoms with Crippen LogP contribution in [0.2, 0.25) is 0 Å². The summed E-state index contributed by atoms with van der Waals surface area (Å²) < 4.78 is 7.63. The first-order chi connectivity index (χ1) is 9.42. The van der Waals surface area contributed by atoms with Gasteiger partial charge in [0.05, 0.1) is 25.4 Å². The number of carbonyl (C=O) groups excluding carboxylic acids is 1. The van der Waals surface area contributed by atoms with Gasteiger partial charge in [0.25, 0.3) is 0 Å². The number of aliphatic hydroxyl groups is 1. The van der Waals surface area contributed by atoms with Gasteiger partial charge in [-0.05, 0) is 26.8 Å². The van der Waals surface area contributed by atoms with E-state index in [4.69, 9.17) is 4.74 Å². The Balaban J connectivity index is 2.05. The summed E-state index contributed by atoms with van der Waals surface area (Å²) in [6.45, 7) is 7.66. The third kappa shape index (κ3) is 3.11. The summed E-state index contributed by atoms with van der Waals surface area (Å²) in [5, 5.41) is 9.22. The molecule has 1 aliphatic heterocycles. The first-order valence-electron chi connectivity index (χ1n) is 7.07. The molecule has 5 nitrogen and oxygen atoms in total. The fraction of sp³-hybridized carbons (Fsp3) is 0.667. The number of aromatic nitrogens is 1. The molecule has 0 saturated carbocycles. The van der Waals surface area contributed by atoms with Crippen LogP contribution in [0.5, 0.6) is 0 Å². The van der Waals surface area contributed by atoms with Crippen LogP contribution in [-0.2, 0) is 11.8 Å². The van der Waals surface area contributed by atoms with E-state index < -0.39 is 0 Å². The van der Waals surface area contributed by atoms with Crippen molar-refractivity contribution in [2.45, 2.75) is 33.0 Å². The van der Waals surface area contributed by atoms with E-state index in [-0.39, 0.29) is 24.6 Å². The first kappa shape index (κ1) is 15.2. The molecule has 1 fully saturated rings. The van der Waals surface area contributed by atoms with E-state index in [9.17, 15) is 9.90 Å². The van der Waals surface area contributed by atoms with E-state index in [0.717, 1.165) is 23.5 Å². The van der Waals surface area contributed by atoms with Gasteiger partial charge >= 0.3 is 0 Å². The Morgan fingerprint density at radius 3 is 2.70 bits per heavy atom. The number of aryl methyl sites for hydroxylation is 1. The van der Waals surface area contributed by atoms with Crippen LogP contribution < -0.4 is 0 Å². The summed E-state index contributed by atoms with van der Waals surface area (Å²) in [5.41, 5.74) is 2.90. The third-order valence-corrected chi connectivity index (χ3v) is 4.05. The first-order valence-corrected chi connectivity index (χ1v) is 7.07. The molecule has 0 radical (unpaired) electrons. The largest absolute Gasteiger partial charge is 0.394 e. The summed E-state index contributed by atoms with van der Waals surface area (Å²) in [4.78, 5) is 14.5. The van der Waals surface area contributed by atoms with Crippen LogP contribution in [0.4, 0.5) is 0 Å². The van der Waals surface area contributed by atoms with E-state index >= 15 is 0 Å². The summed E-state index contributed by atoms with van der Waals surface area (Å²) in [5.74, 6) is 0.136. The second-order valence-corrected chi connectivity index (χ2v) is 5.71. The predicted octanol–water partition coefficient (Wildman–Crippen LogP) is 0.906. The van der Waals surface area contributed by atoms with E-state index in [1.807, 2.05) is 38.5 Å². The average molecular weight is 280 g/mol. The lowest BCUT2D eigenvalue weighted by Crippen LogP contribution is -2.49. The molecule has 2 unspecified atom stereocenters. The molecule has 0 aromatic carbocycles. The third-order valence-electron chi connectivity index (χ3n) is 4.05. The number of Topliss-reactive ketones (excluding diaryl/α,β-unsaturated/α-hetero) is 1. The van der Waals surface area contributed by atoms with Gasteiger partial charge in [-0.25, -0.2) is 0 Å². The van der Waals surface area contributed by atoms with Gasteiger partial charge in [0.15, 0.2) is 5.78 Å². The highest BCUT2D eigenvalue weighted by Gasteiger charge is 2.27. The van der Waals surface area contributed by atoms with Crippen molar-refractivity contribution in [1.82, 2.24) is 9.47 Å². The molecule has 1 saturated heterocycles. The second-order valence-electron chi connectivity index (χ2n) is 5.71. The Kier molecular flexibility index (Phi) is 4.62. The van der Waals surface area contributed by atoms with Gasteiger partial charge in [0.1, 0.15) is 0 Å². The fourth-order valence-corrected chi connectivity index (χ4v) is 2.80. The number of morpholine rings is 1. The molecule has 2 atom stereocenters. The van der Waals surface area contributed by atoms with Crippen LogP contribution in [0, 0.1) is 13.8 Å². The smallest absolute Gasteiger partial charge is 0.178 e. The van der Waals surface area contributed by atoms with Gasteiger partial charge in [-0.1, -0.05) is 0 Å². The topological polar surface area (TPSA) is 54.7 Å². The van der Waals surface area contributed by atoms with Gasteiger partial charge in [0.2, 0.25) is 0 Å². The van der Waals surface area contributed by atoms with Crippen LogP contribution in [0.1, 0.15) is 28.7 Å². The molecule has 112 valence electrons. The average Bonchev–Trinajstić information content (AvgIpc) is 2.65.